The molecule has 1 heterocycles. The van der Waals surface area contributed by atoms with Crippen molar-refractivity contribution >= 4 is 17.7 Å². The molecule has 0 saturated carbocycles. The van der Waals surface area contributed by atoms with Gasteiger partial charge >= 0.3 is 17.7 Å². The number of ether oxygens (including phenoxy) is 1. The Kier molecular flexibility index (Phi) is 5.65. The van der Waals surface area contributed by atoms with Crippen LogP contribution in [0.15, 0.2) is 23.4 Å². The number of carbonyl (C=O) groups is 2. The highest BCUT2D eigenvalue weighted by Gasteiger charge is 2.36. The summed E-state index contributed by atoms with van der Waals surface area (Å²) in [7, 11) is 0. The van der Waals surface area contributed by atoms with Crippen LogP contribution >= 0.6 is 0 Å². The molecule has 140 valence electrons. The van der Waals surface area contributed by atoms with Gasteiger partial charge in [0.05, 0.1) is 23.1 Å². The van der Waals surface area contributed by atoms with Crippen molar-refractivity contribution < 1.29 is 29.5 Å². The van der Waals surface area contributed by atoms with Crippen molar-refractivity contribution in [1.29, 1.82) is 0 Å². The normalized spacial score (nSPS) is 16.7. The van der Waals surface area contributed by atoms with Crippen LogP contribution < -0.4 is 10.6 Å². The monoisotopic (exact) mass is 365 g/mol. The number of phenolic OH excluding ortho intramolecular Hbond substituents is 2. The first-order chi connectivity index (χ1) is 12.3. The number of nitro groups is 1. The Morgan fingerprint density at radius 3 is 2.58 bits per heavy atom. The SMILES string of the molecule is CCCC1=C(C(=O)OCC)C(c2cc([N+](=O)[O-])c(O)cc2O)NC(=O)N1. The molecule has 1 aromatic rings. The average Bonchev–Trinajstić information content (AvgIpc) is 2.54. The van der Waals surface area contributed by atoms with Crippen LogP contribution in [0.3, 0.4) is 0 Å². The second-order valence-electron chi connectivity index (χ2n) is 5.55. The zero-order valence-corrected chi connectivity index (χ0v) is 14.2. The zero-order chi connectivity index (χ0) is 19.4. The topological polar surface area (TPSA) is 151 Å². The van der Waals surface area contributed by atoms with Gasteiger partial charge in [-0.1, -0.05) is 13.3 Å². The number of amides is 2. The summed E-state index contributed by atoms with van der Waals surface area (Å²) in [6.45, 7) is 3.55. The number of nitrogens with zero attached hydrogens (tertiary/aromatic N) is 1. The summed E-state index contributed by atoms with van der Waals surface area (Å²) < 4.78 is 5.03. The van der Waals surface area contributed by atoms with Crippen LogP contribution in [-0.2, 0) is 9.53 Å². The van der Waals surface area contributed by atoms with Gasteiger partial charge in [0, 0.05) is 23.4 Å². The largest absolute Gasteiger partial charge is 0.507 e. The van der Waals surface area contributed by atoms with E-state index in [1.165, 1.54) is 0 Å². The van der Waals surface area contributed by atoms with E-state index >= 15 is 0 Å². The van der Waals surface area contributed by atoms with Gasteiger partial charge in [-0.25, -0.2) is 9.59 Å². The van der Waals surface area contributed by atoms with Gasteiger partial charge in [-0.3, -0.25) is 10.1 Å². The molecule has 2 amide bonds. The number of nitrogens with one attached hydrogen (secondary N) is 2. The summed E-state index contributed by atoms with van der Waals surface area (Å²) >= 11 is 0. The Morgan fingerprint density at radius 2 is 2.00 bits per heavy atom. The van der Waals surface area contributed by atoms with E-state index in [1.807, 2.05) is 6.92 Å². The van der Waals surface area contributed by atoms with Crippen molar-refractivity contribution in [3.63, 3.8) is 0 Å². The summed E-state index contributed by atoms with van der Waals surface area (Å²) in [5, 5.41) is 35.9. The number of carbonyl (C=O) groups excluding carboxylic acids is 2. The lowest BCUT2D eigenvalue weighted by molar-refractivity contribution is -0.386. The van der Waals surface area contributed by atoms with Crippen molar-refractivity contribution in [2.45, 2.75) is 32.7 Å². The number of allylic oxidation sites excluding steroid dienone is 1. The van der Waals surface area contributed by atoms with Gasteiger partial charge in [-0.05, 0) is 13.3 Å². The van der Waals surface area contributed by atoms with Crippen LogP contribution in [0.5, 0.6) is 11.5 Å². The van der Waals surface area contributed by atoms with E-state index in [9.17, 15) is 29.9 Å². The smallest absolute Gasteiger partial charge is 0.338 e. The molecule has 1 unspecified atom stereocenters. The predicted octanol–water partition coefficient (Wildman–Crippen LogP) is 1.98. The highest BCUT2D eigenvalue weighted by atomic mass is 16.6. The molecule has 2 rings (SSSR count). The van der Waals surface area contributed by atoms with Crippen molar-refractivity contribution in [2.24, 2.45) is 0 Å². The quantitative estimate of drug-likeness (QED) is 0.342. The van der Waals surface area contributed by atoms with Crippen LogP contribution in [0.25, 0.3) is 0 Å². The van der Waals surface area contributed by atoms with Crippen LogP contribution in [0.2, 0.25) is 0 Å². The predicted molar refractivity (Wildman–Crippen MR) is 89.4 cm³/mol. The van der Waals surface area contributed by atoms with Crippen LogP contribution in [0.4, 0.5) is 10.5 Å². The zero-order valence-electron chi connectivity index (χ0n) is 14.2. The highest BCUT2D eigenvalue weighted by molar-refractivity contribution is 5.95. The third-order valence-electron chi connectivity index (χ3n) is 3.78. The first-order valence-electron chi connectivity index (χ1n) is 7.98. The molecule has 10 nitrogen and oxygen atoms in total. The molecule has 0 saturated heterocycles. The molecule has 4 N–H and O–H groups in total. The van der Waals surface area contributed by atoms with E-state index in [0.717, 1.165) is 12.1 Å². The summed E-state index contributed by atoms with van der Waals surface area (Å²) in [6, 6.07) is -0.0709. The number of hydrogen-bond acceptors (Lipinski definition) is 7. The Bertz CT molecular complexity index is 788. The summed E-state index contributed by atoms with van der Waals surface area (Å²) in [5.74, 6) is -1.95. The van der Waals surface area contributed by atoms with E-state index in [-0.39, 0.29) is 17.7 Å². The lowest BCUT2D eigenvalue weighted by atomic mass is 9.92. The minimum absolute atomic E-state index is 0.0450. The number of nitro benzene ring substituents is 1. The molecule has 26 heavy (non-hydrogen) atoms. The molecule has 0 bridgehead atoms. The molecule has 0 aliphatic carbocycles. The number of phenols is 2. The molecule has 0 radical (unpaired) electrons. The number of benzene rings is 1. The number of esters is 1. The van der Waals surface area contributed by atoms with Crippen molar-refractivity contribution in [2.75, 3.05) is 6.61 Å². The fourth-order valence-electron chi connectivity index (χ4n) is 2.71. The number of urea groups is 1. The average molecular weight is 365 g/mol. The van der Waals surface area contributed by atoms with Gasteiger partial charge in [0.1, 0.15) is 5.75 Å². The second-order valence-corrected chi connectivity index (χ2v) is 5.55. The number of rotatable bonds is 6. The van der Waals surface area contributed by atoms with Gasteiger partial charge < -0.3 is 25.6 Å². The minimum Gasteiger partial charge on any atom is -0.507 e. The highest BCUT2D eigenvalue weighted by Crippen LogP contribution is 2.40. The molecular weight excluding hydrogens is 346 g/mol. The van der Waals surface area contributed by atoms with E-state index in [4.69, 9.17) is 4.74 Å². The Balaban J connectivity index is 2.66. The van der Waals surface area contributed by atoms with E-state index in [2.05, 4.69) is 10.6 Å². The van der Waals surface area contributed by atoms with Gasteiger partial charge in [0.2, 0.25) is 0 Å². The van der Waals surface area contributed by atoms with Gasteiger partial charge in [0.15, 0.2) is 5.75 Å². The first kappa shape index (κ1) is 19.0. The third kappa shape index (κ3) is 3.68. The summed E-state index contributed by atoms with van der Waals surface area (Å²) in [6.07, 6.45) is 0.978. The standard InChI is InChI=1S/C16H19N3O7/c1-3-5-9-13(15(22)26-4-2)14(18-16(23)17-9)8-6-10(19(24)25)12(21)7-11(8)20/h6-7,14,20-21H,3-5H2,1-2H3,(H2,17,18,23). The number of aromatic hydroxyl groups is 2. The molecule has 1 aliphatic heterocycles. The minimum atomic E-state index is -1.16. The molecular formula is C16H19N3O7. The summed E-state index contributed by atoms with van der Waals surface area (Å²) in [4.78, 5) is 34.7. The molecule has 1 atom stereocenters. The Morgan fingerprint density at radius 1 is 1.31 bits per heavy atom. The molecule has 1 aromatic carbocycles. The summed E-state index contributed by atoms with van der Waals surface area (Å²) in [5.41, 5.74) is -0.398. The Hall–Kier alpha value is -3.30. The fourth-order valence-corrected chi connectivity index (χ4v) is 2.71. The van der Waals surface area contributed by atoms with Crippen LogP contribution in [0, 0.1) is 10.1 Å². The second kappa shape index (κ2) is 7.72. The van der Waals surface area contributed by atoms with E-state index in [1.54, 1.807) is 6.92 Å². The lowest BCUT2D eigenvalue weighted by Gasteiger charge is -2.29. The van der Waals surface area contributed by atoms with Crippen molar-refractivity contribution in [3.05, 3.63) is 39.1 Å². The van der Waals surface area contributed by atoms with Crippen molar-refractivity contribution in [1.82, 2.24) is 10.6 Å². The van der Waals surface area contributed by atoms with Gasteiger partial charge in [-0.15, -0.1) is 0 Å². The van der Waals surface area contributed by atoms with E-state index < -0.39 is 40.2 Å². The Labute approximate surface area is 148 Å². The maximum Gasteiger partial charge on any atom is 0.338 e. The van der Waals surface area contributed by atoms with Crippen molar-refractivity contribution in [3.8, 4) is 11.5 Å². The third-order valence-corrected chi connectivity index (χ3v) is 3.78. The first-order valence-corrected chi connectivity index (χ1v) is 7.98. The van der Waals surface area contributed by atoms with E-state index in [0.29, 0.717) is 18.5 Å². The van der Waals surface area contributed by atoms with Gasteiger partial charge in [-0.2, -0.15) is 0 Å². The lowest BCUT2D eigenvalue weighted by Crippen LogP contribution is -2.46. The van der Waals surface area contributed by atoms with Crippen LogP contribution in [0.1, 0.15) is 38.3 Å². The molecule has 0 fully saturated rings. The maximum atomic E-state index is 12.4. The molecule has 1 aliphatic rings. The number of hydrogen-bond donors (Lipinski definition) is 4. The molecule has 0 spiro atoms. The van der Waals surface area contributed by atoms with Crippen LogP contribution in [-0.4, -0.2) is 33.7 Å². The maximum absolute atomic E-state index is 12.4. The molecule has 0 aromatic heterocycles. The molecule has 10 heteroatoms. The van der Waals surface area contributed by atoms with Gasteiger partial charge in [0.25, 0.3) is 0 Å². The fraction of sp³-hybridized carbons (Fsp3) is 0.375.